The largest absolute Gasteiger partial charge is 0.444 e. The van der Waals surface area contributed by atoms with Gasteiger partial charge in [-0.25, -0.2) is 9.78 Å². The van der Waals surface area contributed by atoms with Crippen LogP contribution in [0.15, 0.2) is 34.4 Å². The number of hydrogen-bond acceptors (Lipinski definition) is 8. The van der Waals surface area contributed by atoms with Crippen molar-refractivity contribution in [2.24, 2.45) is 0 Å². The number of hydrogen-bond donors (Lipinski definition) is 1. The van der Waals surface area contributed by atoms with E-state index in [9.17, 15) is 20.1 Å². The second-order valence-corrected chi connectivity index (χ2v) is 10.3. The van der Waals surface area contributed by atoms with E-state index >= 15 is 0 Å². The van der Waals surface area contributed by atoms with Crippen molar-refractivity contribution in [3.63, 3.8) is 0 Å². The first kappa shape index (κ1) is 24.2. The van der Waals surface area contributed by atoms with Crippen LogP contribution in [0.5, 0.6) is 0 Å². The lowest BCUT2D eigenvalue weighted by Crippen LogP contribution is -2.50. The van der Waals surface area contributed by atoms with Crippen LogP contribution in [0.2, 0.25) is 0 Å². The Morgan fingerprint density at radius 1 is 1.26 bits per heavy atom. The number of alkyl carbamates (subject to hydrolysis) is 1. The number of ether oxygens (including phenoxy) is 1. The lowest BCUT2D eigenvalue weighted by Gasteiger charge is -2.35. The monoisotopic (exact) mass is 490 g/mol. The molecule has 1 aliphatic heterocycles. The molecule has 0 bridgehead atoms. The number of thiophene rings is 1. The molecule has 0 aliphatic carbocycles. The zero-order chi connectivity index (χ0) is 25.2. The van der Waals surface area contributed by atoms with Crippen LogP contribution in [0.3, 0.4) is 0 Å². The predicted octanol–water partition coefficient (Wildman–Crippen LogP) is 3.74. The van der Waals surface area contributed by atoms with Gasteiger partial charge in [0, 0.05) is 24.5 Å². The third kappa shape index (κ3) is 5.28. The van der Waals surface area contributed by atoms with Gasteiger partial charge in [0.15, 0.2) is 0 Å². The Morgan fingerprint density at radius 2 is 2.00 bits per heavy atom. The number of amides is 1. The van der Waals surface area contributed by atoms with E-state index < -0.39 is 11.7 Å². The number of rotatable bonds is 4. The van der Waals surface area contributed by atoms with Gasteiger partial charge in [-0.05, 0) is 45.2 Å². The van der Waals surface area contributed by atoms with E-state index in [4.69, 9.17) is 9.72 Å². The van der Waals surface area contributed by atoms with Gasteiger partial charge in [-0.15, -0.1) is 11.3 Å². The molecule has 2 aromatic heterocycles. The van der Waals surface area contributed by atoms with Crippen LogP contribution < -0.4 is 15.8 Å². The summed E-state index contributed by atoms with van der Waals surface area (Å²) in [6.45, 7) is 6.67. The quantitative estimate of drug-likeness (QED) is 0.591. The first-order chi connectivity index (χ1) is 16.7. The highest BCUT2D eigenvalue weighted by atomic mass is 32.1. The minimum atomic E-state index is -0.605. The van der Waals surface area contributed by atoms with Gasteiger partial charge >= 0.3 is 6.09 Å². The molecule has 1 atom stereocenters. The van der Waals surface area contributed by atoms with Crippen LogP contribution >= 0.6 is 11.3 Å². The number of nitrogens with one attached hydrogen (secondary N) is 1. The Balaban J connectivity index is 1.73. The molecular weight excluding hydrogens is 464 g/mol. The van der Waals surface area contributed by atoms with Gasteiger partial charge in [-0.3, -0.25) is 9.36 Å². The summed E-state index contributed by atoms with van der Waals surface area (Å²) in [7, 11) is 0. The average molecular weight is 491 g/mol. The summed E-state index contributed by atoms with van der Waals surface area (Å²) >= 11 is 1.19. The summed E-state index contributed by atoms with van der Waals surface area (Å²) in [5.41, 5.74) is 1.06. The van der Waals surface area contributed by atoms with Gasteiger partial charge in [0.2, 0.25) is 5.95 Å². The molecule has 1 aromatic carbocycles. The Labute approximate surface area is 207 Å². The Bertz CT molecular complexity index is 1410. The molecule has 4 rings (SSSR count). The SMILES string of the molecule is CC(C)(C)OC(=O)N[C@@H]1CCCN(c2nc3c(C#N)csc3c(=O)n2Cc2ccccc2C#N)C1. The normalized spacial score (nSPS) is 15.9. The lowest BCUT2D eigenvalue weighted by atomic mass is 10.1. The number of benzene rings is 1. The van der Waals surface area contributed by atoms with Gasteiger partial charge < -0.3 is 15.0 Å². The molecule has 0 saturated carbocycles. The average Bonchev–Trinajstić information content (AvgIpc) is 3.23. The van der Waals surface area contributed by atoms with Crippen LogP contribution in [0.25, 0.3) is 10.2 Å². The molecule has 1 aliphatic rings. The molecule has 1 amide bonds. The summed E-state index contributed by atoms with van der Waals surface area (Å²) in [5.74, 6) is 0.417. The third-order valence-corrected chi connectivity index (χ3v) is 6.63. The number of piperidine rings is 1. The zero-order valence-corrected chi connectivity index (χ0v) is 20.7. The van der Waals surface area contributed by atoms with Crippen molar-refractivity contribution in [1.29, 1.82) is 10.5 Å². The zero-order valence-electron chi connectivity index (χ0n) is 19.9. The van der Waals surface area contributed by atoms with E-state index in [2.05, 4.69) is 17.5 Å². The summed E-state index contributed by atoms with van der Waals surface area (Å²) in [4.78, 5) is 32.6. The number of nitriles is 2. The van der Waals surface area contributed by atoms with E-state index in [0.29, 0.717) is 45.9 Å². The predicted molar refractivity (Wildman–Crippen MR) is 133 cm³/mol. The van der Waals surface area contributed by atoms with E-state index in [1.807, 2.05) is 37.8 Å². The highest BCUT2D eigenvalue weighted by Gasteiger charge is 2.28. The molecule has 0 unspecified atom stereocenters. The fraction of sp³-hybridized carbons (Fsp3) is 0.400. The molecule has 3 aromatic rings. The maximum atomic E-state index is 13.6. The van der Waals surface area contributed by atoms with Gasteiger partial charge in [-0.1, -0.05) is 18.2 Å². The first-order valence-corrected chi connectivity index (χ1v) is 12.2. The fourth-order valence-electron chi connectivity index (χ4n) is 4.14. The maximum absolute atomic E-state index is 13.6. The highest BCUT2D eigenvalue weighted by Crippen LogP contribution is 2.26. The van der Waals surface area contributed by atoms with Crippen molar-refractivity contribution < 1.29 is 9.53 Å². The van der Waals surface area contributed by atoms with E-state index in [-0.39, 0.29) is 18.1 Å². The molecule has 1 N–H and O–H groups in total. The van der Waals surface area contributed by atoms with E-state index in [0.717, 1.165) is 12.8 Å². The summed E-state index contributed by atoms with van der Waals surface area (Å²) in [6, 6.07) is 11.2. The van der Waals surface area contributed by atoms with Crippen molar-refractivity contribution in [3.8, 4) is 12.1 Å². The highest BCUT2D eigenvalue weighted by molar-refractivity contribution is 7.17. The number of carbonyl (C=O) groups is 1. The van der Waals surface area contributed by atoms with E-state index in [1.54, 1.807) is 22.1 Å². The standard InChI is InChI=1S/C25H26N6O3S/c1-25(2,3)34-24(33)28-19-9-6-10-30(14-19)23-29-20-18(12-27)15-35-21(20)22(32)31(23)13-17-8-5-4-7-16(17)11-26/h4-5,7-8,15,19H,6,9-10,13-14H2,1-3H3,(H,28,33)/t19-/m1/s1. The minimum Gasteiger partial charge on any atom is -0.444 e. The van der Waals surface area contributed by atoms with Crippen molar-refractivity contribution in [2.75, 3.05) is 18.0 Å². The van der Waals surface area contributed by atoms with Crippen LogP contribution in [0.4, 0.5) is 10.7 Å². The smallest absolute Gasteiger partial charge is 0.407 e. The molecule has 10 heteroatoms. The Morgan fingerprint density at radius 3 is 2.71 bits per heavy atom. The lowest BCUT2D eigenvalue weighted by molar-refractivity contribution is 0.0499. The Hall–Kier alpha value is -3.89. The molecule has 1 fully saturated rings. The van der Waals surface area contributed by atoms with Crippen LogP contribution in [0.1, 0.15) is 50.3 Å². The van der Waals surface area contributed by atoms with Gasteiger partial charge in [0.25, 0.3) is 5.56 Å². The van der Waals surface area contributed by atoms with Crippen molar-refractivity contribution in [2.45, 2.75) is 51.8 Å². The maximum Gasteiger partial charge on any atom is 0.407 e. The number of anilines is 1. The molecule has 0 radical (unpaired) electrons. The van der Waals surface area contributed by atoms with Gasteiger partial charge in [0.1, 0.15) is 21.9 Å². The molecule has 1 saturated heterocycles. The molecule has 0 spiro atoms. The molecule has 180 valence electrons. The van der Waals surface area contributed by atoms with Crippen LogP contribution in [0, 0.1) is 22.7 Å². The first-order valence-electron chi connectivity index (χ1n) is 11.3. The summed E-state index contributed by atoms with van der Waals surface area (Å²) < 4.78 is 7.37. The molecular formula is C25H26N6O3S. The van der Waals surface area contributed by atoms with E-state index in [1.165, 1.54) is 11.3 Å². The number of aromatic nitrogens is 2. The summed E-state index contributed by atoms with van der Waals surface area (Å²) in [6.07, 6.45) is 1.05. The second kappa shape index (κ2) is 9.77. The van der Waals surface area contributed by atoms with Crippen molar-refractivity contribution >= 4 is 33.6 Å². The van der Waals surface area contributed by atoms with Crippen molar-refractivity contribution in [1.82, 2.24) is 14.9 Å². The van der Waals surface area contributed by atoms with Crippen LogP contribution in [-0.4, -0.2) is 40.4 Å². The summed E-state index contributed by atoms with van der Waals surface area (Å²) in [5, 5.41) is 23.6. The topological polar surface area (TPSA) is 124 Å². The van der Waals surface area contributed by atoms with Gasteiger partial charge in [-0.2, -0.15) is 10.5 Å². The van der Waals surface area contributed by atoms with Gasteiger partial charge in [0.05, 0.1) is 23.7 Å². The minimum absolute atomic E-state index is 0.168. The molecule has 9 nitrogen and oxygen atoms in total. The number of carbonyl (C=O) groups excluding carboxylic acids is 1. The second-order valence-electron chi connectivity index (χ2n) is 9.44. The van der Waals surface area contributed by atoms with Crippen LogP contribution in [-0.2, 0) is 11.3 Å². The fourth-order valence-corrected chi connectivity index (χ4v) is 5.02. The Kier molecular flexibility index (Phi) is 6.77. The number of nitrogens with zero attached hydrogens (tertiary/aromatic N) is 5. The molecule has 35 heavy (non-hydrogen) atoms. The third-order valence-electron chi connectivity index (χ3n) is 5.67. The number of fused-ring (bicyclic) bond motifs is 1. The molecule has 3 heterocycles. The van der Waals surface area contributed by atoms with Crippen molar-refractivity contribution in [3.05, 3.63) is 56.7 Å².